The Hall–Kier alpha value is -3.56. The molecule has 0 fully saturated rings. The molecule has 0 aromatic heterocycles. The molecule has 0 saturated carbocycles. The van der Waals surface area contributed by atoms with Gasteiger partial charge in [0.1, 0.15) is 12.6 Å². The first kappa shape index (κ1) is 35.3. The fraction of sp³-hybridized carbons (Fsp3) is 0.257. The van der Waals surface area contributed by atoms with Gasteiger partial charge in [-0.3, -0.25) is 13.9 Å². The molecule has 0 saturated heterocycles. The molecule has 4 rings (SSSR count). The Morgan fingerprint density at radius 1 is 0.826 bits per heavy atom. The number of sulfonamides is 1. The number of benzene rings is 4. The number of halogens is 3. The molecule has 11 heteroatoms. The SMILES string of the molecule is CCCCNC(=O)[C@H](Cc1ccccc1)N(Cc1ccc(Cl)c(Cl)c1)C(=O)CN(c1ccc(C)cc1)S(=O)(=O)c1ccc(Cl)cc1. The summed E-state index contributed by atoms with van der Waals surface area (Å²) in [5.41, 5.74) is 2.70. The van der Waals surface area contributed by atoms with Crippen LogP contribution in [0, 0.1) is 6.92 Å². The summed E-state index contributed by atoms with van der Waals surface area (Å²) in [6.07, 6.45) is 1.86. The smallest absolute Gasteiger partial charge is 0.264 e. The summed E-state index contributed by atoms with van der Waals surface area (Å²) in [6, 6.07) is 26.0. The predicted molar refractivity (Wildman–Crippen MR) is 186 cm³/mol. The summed E-state index contributed by atoms with van der Waals surface area (Å²) in [5, 5.41) is 4.00. The zero-order valence-electron chi connectivity index (χ0n) is 25.6. The van der Waals surface area contributed by atoms with Crippen molar-refractivity contribution in [3.63, 3.8) is 0 Å². The number of rotatable bonds is 14. The Balaban J connectivity index is 1.80. The van der Waals surface area contributed by atoms with Gasteiger partial charge in [-0.25, -0.2) is 8.42 Å². The summed E-state index contributed by atoms with van der Waals surface area (Å²) >= 11 is 18.6. The van der Waals surface area contributed by atoms with Gasteiger partial charge >= 0.3 is 0 Å². The standard InChI is InChI=1S/C35H36Cl3N3O4S/c1-3-4-20-39-35(43)33(22-26-8-6-5-7-9-26)40(23-27-12-19-31(37)32(38)21-27)34(42)24-41(29-15-10-25(2)11-16-29)46(44,45)30-17-13-28(36)14-18-30/h5-19,21,33H,3-4,20,22-24H2,1-2H3,(H,39,43)/t33-/m0/s1. The Kier molecular flexibility index (Phi) is 12.5. The van der Waals surface area contributed by atoms with Crippen molar-refractivity contribution in [3.05, 3.63) is 129 Å². The molecular formula is C35H36Cl3N3O4S. The molecule has 0 aliphatic rings. The molecule has 7 nitrogen and oxygen atoms in total. The second-order valence-corrected chi connectivity index (χ2v) is 14.0. The monoisotopic (exact) mass is 699 g/mol. The summed E-state index contributed by atoms with van der Waals surface area (Å²) < 4.78 is 29.3. The van der Waals surface area contributed by atoms with Gasteiger partial charge in [0.05, 0.1) is 20.6 Å². The van der Waals surface area contributed by atoms with Crippen LogP contribution in [-0.4, -0.2) is 44.3 Å². The maximum Gasteiger partial charge on any atom is 0.264 e. The van der Waals surface area contributed by atoms with E-state index in [2.05, 4.69) is 5.32 Å². The lowest BCUT2D eigenvalue weighted by atomic mass is 10.0. The van der Waals surface area contributed by atoms with Gasteiger partial charge in [0.25, 0.3) is 10.0 Å². The summed E-state index contributed by atoms with van der Waals surface area (Å²) in [7, 11) is -4.23. The highest BCUT2D eigenvalue weighted by Crippen LogP contribution is 2.28. The van der Waals surface area contributed by atoms with Gasteiger partial charge in [-0.1, -0.05) is 102 Å². The average Bonchev–Trinajstić information content (AvgIpc) is 3.04. The van der Waals surface area contributed by atoms with Gasteiger partial charge in [-0.2, -0.15) is 0 Å². The fourth-order valence-corrected chi connectivity index (χ4v) is 6.73. The predicted octanol–water partition coefficient (Wildman–Crippen LogP) is 7.71. The van der Waals surface area contributed by atoms with Crippen LogP contribution in [0.25, 0.3) is 0 Å². The first-order valence-corrected chi connectivity index (χ1v) is 17.5. The molecule has 4 aromatic rings. The lowest BCUT2D eigenvalue weighted by Crippen LogP contribution is -2.53. The minimum absolute atomic E-state index is 0.0167. The zero-order valence-corrected chi connectivity index (χ0v) is 28.7. The van der Waals surface area contributed by atoms with Gasteiger partial charge in [-0.15, -0.1) is 0 Å². The van der Waals surface area contributed by atoms with Crippen molar-refractivity contribution >= 4 is 62.3 Å². The van der Waals surface area contributed by atoms with E-state index in [1.807, 2.05) is 44.2 Å². The molecule has 0 radical (unpaired) electrons. The molecule has 4 aromatic carbocycles. The van der Waals surface area contributed by atoms with Gasteiger partial charge in [0, 0.05) is 24.5 Å². The third kappa shape index (κ3) is 9.26. The topological polar surface area (TPSA) is 86.8 Å². The van der Waals surface area contributed by atoms with Gasteiger partial charge in [0.15, 0.2) is 0 Å². The number of carbonyl (C=O) groups excluding carboxylic acids is 2. The van der Waals surface area contributed by atoms with Crippen molar-refractivity contribution in [2.45, 2.75) is 50.6 Å². The first-order valence-electron chi connectivity index (χ1n) is 14.9. The zero-order chi connectivity index (χ0) is 33.3. The molecule has 0 unspecified atom stereocenters. The van der Waals surface area contributed by atoms with E-state index in [0.717, 1.165) is 28.3 Å². The molecule has 0 heterocycles. The third-order valence-electron chi connectivity index (χ3n) is 7.44. The molecule has 46 heavy (non-hydrogen) atoms. The van der Waals surface area contributed by atoms with E-state index >= 15 is 0 Å². The van der Waals surface area contributed by atoms with Crippen molar-refractivity contribution in [2.24, 2.45) is 0 Å². The highest BCUT2D eigenvalue weighted by molar-refractivity contribution is 7.92. The number of nitrogens with one attached hydrogen (secondary N) is 1. The van der Waals surface area contributed by atoms with Crippen molar-refractivity contribution < 1.29 is 18.0 Å². The van der Waals surface area contributed by atoms with Crippen LogP contribution in [0.3, 0.4) is 0 Å². The van der Waals surface area contributed by atoms with Crippen molar-refractivity contribution in [1.82, 2.24) is 10.2 Å². The first-order chi connectivity index (χ1) is 22.0. The number of nitrogens with zero attached hydrogens (tertiary/aromatic N) is 2. The van der Waals surface area contributed by atoms with E-state index < -0.39 is 28.5 Å². The summed E-state index contributed by atoms with van der Waals surface area (Å²) in [4.78, 5) is 29.7. The van der Waals surface area contributed by atoms with Gasteiger partial charge in [-0.05, 0) is 73.0 Å². The van der Waals surface area contributed by atoms with Crippen LogP contribution in [0.2, 0.25) is 15.1 Å². The Morgan fingerprint density at radius 3 is 2.13 bits per heavy atom. The molecule has 1 N–H and O–H groups in total. The highest BCUT2D eigenvalue weighted by Gasteiger charge is 2.34. The maximum absolute atomic E-state index is 14.5. The number of hydrogen-bond donors (Lipinski definition) is 1. The Bertz CT molecular complexity index is 1740. The van der Waals surface area contributed by atoms with Crippen LogP contribution in [-0.2, 0) is 32.6 Å². The second kappa shape index (κ2) is 16.3. The van der Waals surface area contributed by atoms with Crippen LogP contribution in [0.4, 0.5) is 5.69 Å². The van der Waals surface area contributed by atoms with Crippen LogP contribution in [0.1, 0.15) is 36.5 Å². The number of carbonyl (C=O) groups is 2. The van der Waals surface area contributed by atoms with E-state index in [-0.39, 0.29) is 23.8 Å². The maximum atomic E-state index is 14.5. The van der Waals surface area contributed by atoms with E-state index in [1.165, 1.54) is 29.2 Å². The second-order valence-electron chi connectivity index (χ2n) is 10.9. The number of amides is 2. The number of unbranched alkanes of at least 4 members (excludes halogenated alkanes) is 1. The van der Waals surface area contributed by atoms with Crippen molar-refractivity contribution in [1.29, 1.82) is 0 Å². The van der Waals surface area contributed by atoms with E-state index in [1.54, 1.807) is 42.5 Å². The molecule has 1 atom stereocenters. The van der Waals surface area contributed by atoms with Gasteiger partial charge < -0.3 is 10.2 Å². The Labute approximate surface area is 286 Å². The number of hydrogen-bond acceptors (Lipinski definition) is 4. The molecule has 242 valence electrons. The van der Waals surface area contributed by atoms with E-state index in [0.29, 0.717) is 32.9 Å². The van der Waals surface area contributed by atoms with E-state index in [4.69, 9.17) is 34.8 Å². The molecule has 2 amide bonds. The minimum atomic E-state index is -4.23. The van der Waals surface area contributed by atoms with Crippen LogP contribution in [0.5, 0.6) is 0 Å². The molecule has 0 aliphatic carbocycles. The van der Waals surface area contributed by atoms with Gasteiger partial charge in [0.2, 0.25) is 11.8 Å². The molecule has 0 spiro atoms. The summed E-state index contributed by atoms with van der Waals surface area (Å²) in [6.45, 7) is 3.77. The molecular weight excluding hydrogens is 665 g/mol. The highest BCUT2D eigenvalue weighted by atomic mass is 35.5. The number of aryl methyl sites for hydroxylation is 1. The summed E-state index contributed by atoms with van der Waals surface area (Å²) in [5.74, 6) is -0.913. The molecule has 0 aliphatic heterocycles. The van der Waals surface area contributed by atoms with Crippen molar-refractivity contribution in [2.75, 3.05) is 17.4 Å². The van der Waals surface area contributed by atoms with Crippen LogP contribution < -0.4 is 9.62 Å². The van der Waals surface area contributed by atoms with E-state index in [9.17, 15) is 18.0 Å². The fourth-order valence-electron chi connectivity index (χ4n) is 4.87. The van der Waals surface area contributed by atoms with Crippen LogP contribution in [0.15, 0.2) is 102 Å². The van der Waals surface area contributed by atoms with Crippen molar-refractivity contribution in [3.8, 4) is 0 Å². The lowest BCUT2D eigenvalue weighted by Gasteiger charge is -2.34. The Morgan fingerprint density at radius 2 is 1.50 bits per heavy atom. The largest absolute Gasteiger partial charge is 0.354 e. The molecule has 0 bridgehead atoms. The number of anilines is 1. The quantitative estimate of drug-likeness (QED) is 0.137. The normalized spacial score (nSPS) is 11.9. The minimum Gasteiger partial charge on any atom is -0.354 e. The third-order valence-corrected chi connectivity index (χ3v) is 10.2. The van der Waals surface area contributed by atoms with Crippen LogP contribution >= 0.6 is 34.8 Å². The lowest BCUT2D eigenvalue weighted by molar-refractivity contribution is -0.140. The average molecular weight is 701 g/mol.